The number of nitriles is 1. The van der Waals surface area contributed by atoms with Gasteiger partial charge in [-0.15, -0.1) is 11.3 Å². The topological polar surface area (TPSA) is 81.5 Å². The fraction of sp³-hybridized carbons (Fsp3) is 0.368. The summed E-state index contributed by atoms with van der Waals surface area (Å²) in [6.07, 6.45) is 0.895. The lowest BCUT2D eigenvalue weighted by molar-refractivity contribution is 0.0702. The monoisotopic (exact) mass is 403 g/mol. The van der Waals surface area contributed by atoms with Gasteiger partial charge in [0.1, 0.15) is 0 Å². The lowest BCUT2D eigenvalue weighted by Gasteiger charge is -2.33. The summed E-state index contributed by atoms with van der Waals surface area (Å²) in [5, 5.41) is 8.84. The first kappa shape index (κ1) is 19.5. The molecule has 2 aromatic rings. The standard InChI is InChI=1S/C19H21N3O3S2/c1-3-16-12-18(26-14(16)2)19(23)21-8-10-22(11-9-21)27(24,25)17-6-4-15(13-20)5-7-17/h4-7,12H,3,8-11H2,1-2H3. The molecule has 0 atom stereocenters. The van der Waals surface area contributed by atoms with E-state index in [1.807, 2.05) is 19.1 Å². The lowest BCUT2D eigenvalue weighted by atomic mass is 10.2. The van der Waals surface area contributed by atoms with Crippen LogP contribution < -0.4 is 0 Å². The molecule has 8 heteroatoms. The minimum atomic E-state index is -3.62. The molecule has 142 valence electrons. The zero-order valence-electron chi connectivity index (χ0n) is 15.3. The van der Waals surface area contributed by atoms with Crippen molar-refractivity contribution in [1.82, 2.24) is 9.21 Å². The van der Waals surface area contributed by atoms with E-state index in [2.05, 4.69) is 6.92 Å². The number of thiophene rings is 1. The molecule has 1 aliphatic heterocycles. The molecule has 0 saturated carbocycles. The van der Waals surface area contributed by atoms with Gasteiger partial charge < -0.3 is 4.90 Å². The van der Waals surface area contributed by atoms with Gasteiger partial charge in [0.2, 0.25) is 10.0 Å². The highest BCUT2D eigenvalue weighted by atomic mass is 32.2. The number of sulfonamides is 1. The zero-order valence-corrected chi connectivity index (χ0v) is 16.9. The second-order valence-electron chi connectivity index (χ2n) is 6.38. The van der Waals surface area contributed by atoms with Crippen molar-refractivity contribution in [3.63, 3.8) is 0 Å². The Morgan fingerprint density at radius 2 is 1.81 bits per heavy atom. The molecule has 1 aromatic heterocycles. The summed E-state index contributed by atoms with van der Waals surface area (Å²) in [5.41, 5.74) is 1.60. The van der Waals surface area contributed by atoms with Gasteiger partial charge in [-0.2, -0.15) is 9.57 Å². The van der Waals surface area contributed by atoms with Crippen molar-refractivity contribution in [3.05, 3.63) is 51.2 Å². The van der Waals surface area contributed by atoms with E-state index in [0.29, 0.717) is 23.5 Å². The molecular weight excluding hydrogens is 382 g/mol. The fourth-order valence-electron chi connectivity index (χ4n) is 3.11. The van der Waals surface area contributed by atoms with Crippen LogP contribution in [-0.2, 0) is 16.4 Å². The number of carbonyl (C=O) groups is 1. The molecule has 1 saturated heterocycles. The third kappa shape index (κ3) is 3.90. The first-order valence-electron chi connectivity index (χ1n) is 8.75. The number of rotatable bonds is 4. The maximum atomic E-state index is 12.8. The van der Waals surface area contributed by atoms with Gasteiger partial charge in [-0.05, 0) is 49.2 Å². The van der Waals surface area contributed by atoms with Crippen LogP contribution in [0.2, 0.25) is 0 Å². The van der Waals surface area contributed by atoms with Crippen LogP contribution in [0.4, 0.5) is 0 Å². The Kier molecular flexibility index (Phi) is 5.65. The summed E-state index contributed by atoms with van der Waals surface area (Å²) in [5.74, 6) is -0.0294. The molecule has 6 nitrogen and oxygen atoms in total. The van der Waals surface area contributed by atoms with Crippen molar-refractivity contribution < 1.29 is 13.2 Å². The molecule has 1 fully saturated rings. The Hall–Kier alpha value is -2.21. The Bertz CT molecular complexity index is 980. The average molecular weight is 404 g/mol. The van der Waals surface area contributed by atoms with Gasteiger partial charge in [-0.25, -0.2) is 8.42 Å². The highest BCUT2D eigenvalue weighted by Crippen LogP contribution is 2.25. The normalized spacial score (nSPS) is 15.5. The van der Waals surface area contributed by atoms with E-state index in [1.54, 1.807) is 4.90 Å². The van der Waals surface area contributed by atoms with Gasteiger partial charge in [0.25, 0.3) is 5.91 Å². The molecular formula is C19H21N3O3S2. The number of carbonyl (C=O) groups excluding carboxylic acids is 1. The number of piperazine rings is 1. The van der Waals surface area contributed by atoms with Crippen LogP contribution in [0, 0.1) is 18.3 Å². The summed E-state index contributed by atoms with van der Waals surface area (Å²) in [4.78, 5) is 16.5. The van der Waals surface area contributed by atoms with Crippen LogP contribution in [-0.4, -0.2) is 49.7 Å². The molecule has 0 radical (unpaired) electrons. The van der Waals surface area contributed by atoms with Crippen LogP contribution in [0.3, 0.4) is 0 Å². The average Bonchev–Trinajstić information content (AvgIpc) is 3.08. The second-order valence-corrected chi connectivity index (χ2v) is 9.57. The lowest BCUT2D eigenvalue weighted by Crippen LogP contribution is -2.50. The van der Waals surface area contributed by atoms with Gasteiger partial charge in [0.15, 0.2) is 0 Å². The van der Waals surface area contributed by atoms with Gasteiger partial charge in [0, 0.05) is 31.1 Å². The van der Waals surface area contributed by atoms with Crippen molar-refractivity contribution in [2.75, 3.05) is 26.2 Å². The fourth-order valence-corrected chi connectivity index (χ4v) is 5.62. The third-order valence-electron chi connectivity index (χ3n) is 4.76. The van der Waals surface area contributed by atoms with E-state index >= 15 is 0 Å². The van der Waals surface area contributed by atoms with Crippen LogP contribution in [0.15, 0.2) is 35.2 Å². The maximum absolute atomic E-state index is 12.8. The van der Waals surface area contributed by atoms with Crippen molar-refractivity contribution in [1.29, 1.82) is 5.26 Å². The van der Waals surface area contributed by atoms with E-state index in [9.17, 15) is 13.2 Å². The molecule has 27 heavy (non-hydrogen) atoms. The molecule has 3 rings (SSSR count). The number of aryl methyl sites for hydroxylation is 2. The Balaban J connectivity index is 1.68. The quantitative estimate of drug-likeness (QED) is 0.786. The van der Waals surface area contributed by atoms with E-state index in [4.69, 9.17) is 5.26 Å². The summed E-state index contributed by atoms with van der Waals surface area (Å²) in [6.45, 7) is 5.34. The highest BCUT2D eigenvalue weighted by Gasteiger charge is 2.31. The van der Waals surface area contributed by atoms with E-state index in [1.165, 1.54) is 45.5 Å². The van der Waals surface area contributed by atoms with E-state index in [-0.39, 0.29) is 23.9 Å². The van der Waals surface area contributed by atoms with Gasteiger partial charge in [-0.3, -0.25) is 4.79 Å². The molecule has 0 aliphatic carbocycles. The first-order valence-corrected chi connectivity index (χ1v) is 11.0. The molecule has 0 unspecified atom stereocenters. The Morgan fingerprint density at radius 3 is 2.33 bits per heavy atom. The summed E-state index contributed by atoms with van der Waals surface area (Å²) >= 11 is 1.50. The van der Waals surface area contributed by atoms with Crippen LogP contribution in [0.25, 0.3) is 0 Å². The minimum absolute atomic E-state index is 0.0294. The van der Waals surface area contributed by atoms with E-state index < -0.39 is 10.0 Å². The number of hydrogen-bond acceptors (Lipinski definition) is 5. The Morgan fingerprint density at radius 1 is 1.19 bits per heavy atom. The Labute approximate surface area is 163 Å². The number of benzene rings is 1. The van der Waals surface area contributed by atoms with Crippen molar-refractivity contribution in [3.8, 4) is 6.07 Å². The van der Waals surface area contributed by atoms with Crippen molar-refractivity contribution in [2.45, 2.75) is 25.2 Å². The maximum Gasteiger partial charge on any atom is 0.264 e. The molecule has 1 aromatic carbocycles. The number of amides is 1. The van der Waals surface area contributed by atoms with Crippen LogP contribution in [0.5, 0.6) is 0 Å². The third-order valence-corrected chi connectivity index (χ3v) is 7.75. The molecule has 0 N–H and O–H groups in total. The number of nitrogens with zero attached hydrogens (tertiary/aromatic N) is 3. The summed E-state index contributed by atoms with van der Waals surface area (Å²) in [7, 11) is -3.62. The molecule has 1 amide bonds. The predicted molar refractivity (Wildman–Crippen MR) is 104 cm³/mol. The molecule has 0 bridgehead atoms. The highest BCUT2D eigenvalue weighted by molar-refractivity contribution is 7.89. The van der Waals surface area contributed by atoms with Gasteiger partial charge in [-0.1, -0.05) is 6.92 Å². The largest absolute Gasteiger partial charge is 0.335 e. The smallest absolute Gasteiger partial charge is 0.264 e. The van der Waals surface area contributed by atoms with Crippen molar-refractivity contribution >= 4 is 27.3 Å². The molecule has 1 aliphatic rings. The van der Waals surface area contributed by atoms with Crippen LogP contribution in [0.1, 0.15) is 32.6 Å². The predicted octanol–water partition coefficient (Wildman–Crippen LogP) is 2.64. The zero-order chi connectivity index (χ0) is 19.6. The van der Waals surface area contributed by atoms with Crippen LogP contribution >= 0.6 is 11.3 Å². The van der Waals surface area contributed by atoms with Gasteiger partial charge in [0.05, 0.1) is 21.4 Å². The summed E-state index contributed by atoms with van der Waals surface area (Å²) in [6, 6.07) is 9.82. The minimum Gasteiger partial charge on any atom is -0.335 e. The molecule has 0 spiro atoms. The van der Waals surface area contributed by atoms with Crippen molar-refractivity contribution in [2.24, 2.45) is 0 Å². The van der Waals surface area contributed by atoms with Gasteiger partial charge >= 0.3 is 0 Å². The van der Waals surface area contributed by atoms with E-state index in [0.717, 1.165) is 11.3 Å². The number of hydrogen-bond donors (Lipinski definition) is 0. The second kappa shape index (κ2) is 7.80. The SMILES string of the molecule is CCc1cc(C(=O)N2CCN(S(=O)(=O)c3ccc(C#N)cc3)CC2)sc1C. The summed E-state index contributed by atoms with van der Waals surface area (Å²) < 4.78 is 26.9. The first-order chi connectivity index (χ1) is 12.9. The molecule has 2 heterocycles.